The number of terminal acetylenes is 1. The van der Waals surface area contributed by atoms with Gasteiger partial charge in [0.05, 0.1) is 17.1 Å². The lowest BCUT2D eigenvalue weighted by Gasteiger charge is -2.20. The van der Waals surface area contributed by atoms with E-state index in [1.165, 1.54) is 11.3 Å². The minimum Gasteiger partial charge on any atom is -0.322 e. The topological polar surface area (TPSA) is 38.1 Å². The standard InChI is InChI=1S/C18H16ClN3OS/c1-4-9-22(11-13-7-5-6-8-15(13)19)17(23)16-10-14-12(2)20-21(3)18(14)24-16/h1,5-8,10H,9,11H2,2-3H3. The van der Waals surface area contributed by atoms with Crippen LogP contribution < -0.4 is 0 Å². The minimum absolute atomic E-state index is 0.0894. The van der Waals surface area contributed by atoms with Gasteiger partial charge in [0.2, 0.25) is 0 Å². The Labute approximate surface area is 149 Å². The van der Waals surface area contributed by atoms with Crippen LogP contribution in [0.5, 0.6) is 0 Å². The second-order valence-corrected chi connectivity index (χ2v) is 6.93. The highest BCUT2D eigenvalue weighted by atomic mass is 35.5. The first-order chi connectivity index (χ1) is 11.5. The van der Waals surface area contributed by atoms with Crippen molar-refractivity contribution in [3.8, 4) is 12.3 Å². The molecule has 2 aromatic heterocycles. The van der Waals surface area contributed by atoms with Crippen LogP contribution in [0.2, 0.25) is 5.02 Å². The molecule has 122 valence electrons. The van der Waals surface area contributed by atoms with Gasteiger partial charge in [-0.2, -0.15) is 5.10 Å². The first-order valence-electron chi connectivity index (χ1n) is 7.40. The second-order valence-electron chi connectivity index (χ2n) is 5.50. The second kappa shape index (κ2) is 6.68. The van der Waals surface area contributed by atoms with Crippen LogP contribution in [0, 0.1) is 19.3 Å². The van der Waals surface area contributed by atoms with E-state index in [1.807, 2.05) is 44.3 Å². The van der Waals surface area contributed by atoms with E-state index in [2.05, 4.69) is 11.0 Å². The minimum atomic E-state index is -0.0894. The van der Waals surface area contributed by atoms with E-state index in [0.717, 1.165) is 21.5 Å². The number of amides is 1. The van der Waals surface area contributed by atoms with E-state index in [9.17, 15) is 4.79 Å². The molecule has 24 heavy (non-hydrogen) atoms. The molecule has 2 heterocycles. The quantitative estimate of drug-likeness (QED) is 0.665. The number of aryl methyl sites for hydroxylation is 2. The molecule has 4 nitrogen and oxygen atoms in total. The molecular weight excluding hydrogens is 342 g/mol. The van der Waals surface area contributed by atoms with Crippen molar-refractivity contribution in [2.24, 2.45) is 7.05 Å². The van der Waals surface area contributed by atoms with Gasteiger partial charge in [-0.3, -0.25) is 9.48 Å². The summed E-state index contributed by atoms with van der Waals surface area (Å²) in [5, 5.41) is 6.00. The SMILES string of the molecule is C#CCN(Cc1ccccc1Cl)C(=O)c1cc2c(C)nn(C)c2s1. The summed E-state index contributed by atoms with van der Waals surface area (Å²) >= 11 is 7.64. The van der Waals surface area contributed by atoms with E-state index in [0.29, 0.717) is 16.4 Å². The van der Waals surface area contributed by atoms with Gasteiger partial charge in [-0.25, -0.2) is 0 Å². The molecule has 0 aliphatic carbocycles. The predicted octanol–water partition coefficient (Wildman–Crippen LogP) is 3.87. The first-order valence-corrected chi connectivity index (χ1v) is 8.60. The van der Waals surface area contributed by atoms with Crippen molar-refractivity contribution in [3.05, 3.63) is 51.5 Å². The van der Waals surface area contributed by atoms with Crippen molar-refractivity contribution in [2.75, 3.05) is 6.54 Å². The summed E-state index contributed by atoms with van der Waals surface area (Å²) in [5.41, 5.74) is 1.79. The summed E-state index contributed by atoms with van der Waals surface area (Å²) in [6, 6.07) is 9.36. The number of carbonyl (C=O) groups is 1. The highest BCUT2D eigenvalue weighted by Gasteiger charge is 2.21. The van der Waals surface area contributed by atoms with Crippen molar-refractivity contribution in [2.45, 2.75) is 13.5 Å². The lowest BCUT2D eigenvalue weighted by atomic mass is 10.2. The Morgan fingerprint density at radius 3 is 2.88 bits per heavy atom. The van der Waals surface area contributed by atoms with Crippen LogP contribution in [0.15, 0.2) is 30.3 Å². The van der Waals surface area contributed by atoms with Crippen LogP contribution in [0.25, 0.3) is 10.2 Å². The molecule has 0 saturated carbocycles. The number of thiophene rings is 1. The molecule has 3 aromatic rings. The van der Waals surface area contributed by atoms with Gasteiger partial charge in [-0.1, -0.05) is 35.7 Å². The van der Waals surface area contributed by atoms with E-state index < -0.39 is 0 Å². The van der Waals surface area contributed by atoms with E-state index >= 15 is 0 Å². The maximum Gasteiger partial charge on any atom is 0.265 e. The maximum atomic E-state index is 12.9. The molecule has 0 saturated heterocycles. The van der Waals surface area contributed by atoms with Crippen molar-refractivity contribution < 1.29 is 4.79 Å². The van der Waals surface area contributed by atoms with Crippen LogP contribution in [-0.4, -0.2) is 27.1 Å². The molecule has 0 spiro atoms. The molecule has 1 aromatic carbocycles. The van der Waals surface area contributed by atoms with Crippen molar-refractivity contribution in [1.29, 1.82) is 0 Å². The number of aromatic nitrogens is 2. The van der Waals surface area contributed by atoms with Crippen molar-refractivity contribution in [1.82, 2.24) is 14.7 Å². The number of hydrogen-bond acceptors (Lipinski definition) is 3. The fourth-order valence-corrected chi connectivity index (χ4v) is 3.89. The van der Waals surface area contributed by atoms with Crippen molar-refractivity contribution in [3.63, 3.8) is 0 Å². The number of fused-ring (bicyclic) bond motifs is 1. The molecule has 1 amide bonds. The molecule has 6 heteroatoms. The number of rotatable bonds is 4. The summed E-state index contributed by atoms with van der Waals surface area (Å²) in [6.45, 7) is 2.55. The van der Waals surface area contributed by atoms with Gasteiger partial charge >= 0.3 is 0 Å². The van der Waals surface area contributed by atoms with Crippen LogP contribution in [0.3, 0.4) is 0 Å². The fraction of sp³-hybridized carbons (Fsp3) is 0.222. The zero-order valence-corrected chi connectivity index (χ0v) is 15.0. The smallest absolute Gasteiger partial charge is 0.265 e. The van der Waals surface area contributed by atoms with Gasteiger partial charge in [-0.05, 0) is 24.6 Å². The lowest BCUT2D eigenvalue weighted by Crippen LogP contribution is -2.30. The summed E-state index contributed by atoms with van der Waals surface area (Å²) in [6.07, 6.45) is 5.45. The summed E-state index contributed by atoms with van der Waals surface area (Å²) < 4.78 is 1.80. The Bertz CT molecular complexity index is 916. The number of nitrogens with zero attached hydrogens (tertiary/aromatic N) is 3. The van der Waals surface area contributed by atoms with Crippen molar-refractivity contribution >= 4 is 39.1 Å². The van der Waals surface area contributed by atoms with Gasteiger partial charge in [0, 0.05) is 24.0 Å². The lowest BCUT2D eigenvalue weighted by molar-refractivity contribution is 0.0771. The van der Waals surface area contributed by atoms with Crippen LogP contribution in [-0.2, 0) is 13.6 Å². The number of benzene rings is 1. The molecule has 0 aliphatic heterocycles. The van der Waals surface area contributed by atoms with Gasteiger partial charge in [-0.15, -0.1) is 17.8 Å². The monoisotopic (exact) mass is 357 g/mol. The molecule has 0 N–H and O–H groups in total. The van der Waals surface area contributed by atoms with Gasteiger partial charge in [0.25, 0.3) is 5.91 Å². The van der Waals surface area contributed by atoms with E-state index in [4.69, 9.17) is 18.0 Å². The summed E-state index contributed by atoms with van der Waals surface area (Å²) in [4.78, 5) is 16.2. The fourth-order valence-electron chi connectivity index (χ4n) is 2.61. The third kappa shape index (κ3) is 3.03. The molecule has 0 radical (unpaired) electrons. The molecule has 0 unspecified atom stereocenters. The van der Waals surface area contributed by atoms with Crippen LogP contribution >= 0.6 is 22.9 Å². The Morgan fingerprint density at radius 2 is 2.21 bits per heavy atom. The summed E-state index contributed by atoms with van der Waals surface area (Å²) in [7, 11) is 1.88. The molecule has 0 aliphatic rings. The van der Waals surface area contributed by atoms with Crippen LogP contribution in [0.4, 0.5) is 0 Å². The Morgan fingerprint density at radius 1 is 1.46 bits per heavy atom. The normalized spacial score (nSPS) is 10.8. The number of carbonyl (C=O) groups excluding carboxylic acids is 1. The third-order valence-electron chi connectivity index (χ3n) is 3.80. The number of halogens is 1. The third-order valence-corrected chi connectivity index (χ3v) is 5.35. The van der Waals surface area contributed by atoms with Gasteiger partial charge < -0.3 is 4.90 Å². The average molecular weight is 358 g/mol. The first kappa shape index (κ1) is 16.6. The molecular formula is C18H16ClN3OS. The Kier molecular flexibility index (Phi) is 4.61. The highest BCUT2D eigenvalue weighted by Crippen LogP contribution is 2.29. The Balaban J connectivity index is 1.92. The van der Waals surface area contributed by atoms with Gasteiger partial charge in [0.1, 0.15) is 4.83 Å². The molecule has 0 bridgehead atoms. The largest absolute Gasteiger partial charge is 0.322 e. The summed E-state index contributed by atoms with van der Waals surface area (Å²) in [5.74, 6) is 2.47. The highest BCUT2D eigenvalue weighted by molar-refractivity contribution is 7.20. The van der Waals surface area contributed by atoms with E-state index in [-0.39, 0.29) is 12.5 Å². The molecule has 0 fully saturated rings. The maximum absolute atomic E-state index is 12.9. The van der Waals surface area contributed by atoms with Crippen LogP contribution in [0.1, 0.15) is 20.9 Å². The zero-order chi connectivity index (χ0) is 17.3. The molecule has 3 rings (SSSR count). The van der Waals surface area contributed by atoms with E-state index in [1.54, 1.807) is 9.58 Å². The predicted molar refractivity (Wildman–Crippen MR) is 98.4 cm³/mol. The zero-order valence-electron chi connectivity index (χ0n) is 13.4. The van der Waals surface area contributed by atoms with Gasteiger partial charge in [0.15, 0.2) is 0 Å². The Hall–Kier alpha value is -2.29. The molecule has 0 atom stereocenters. The average Bonchev–Trinajstić information content (AvgIpc) is 3.10. The number of hydrogen-bond donors (Lipinski definition) is 0.